The average molecular weight is 377 g/mol. The van der Waals surface area contributed by atoms with Gasteiger partial charge in [-0.15, -0.1) is 0 Å². The molecule has 0 fully saturated rings. The van der Waals surface area contributed by atoms with Crippen LogP contribution in [0.15, 0.2) is 58.2 Å². The van der Waals surface area contributed by atoms with Crippen LogP contribution >= 0.6 is 15.9 Å². The molecule has 0 unspecified atom stereocenters. The number of benzene rings is 2. The van der Waals surface area contributed by atoms with Crippen molar-refractivity contribution in [3.8, 4) is 0 Å². The Kier molecular flexibility index (Phi) is 5.87. The van der Waals surface area contributed by atoms with Crippen molar-refractivity contribution in [2.75, 3.05) is 5.32 Å². The Labute approximate surface area is 140 Å². The lowest BCUT2D eigenvalue weighted by Crippen LogP contribution is -2.17. The summed E-state index contributed by atoms with van der Waals surface area (Å²) in [4.78, 5) is 23.8. The van der Waals surface area contributed by atoms with Crippen molar-refractivity contribution in [3.63, 3.8) is 0 Å². The molecule has 0 atom stereocenters. The molecule has 2 aromatic carbocycles. The molecule has 6 nitrogen and oxygen atoms in total. The van der Waals surface area contributed by atoms with Gasteiger partial charge in [0, 0.05) is 4.47 Å². The van der Waals surface area contributed by atoms with Crippen LogP contribution in [0.5, 0.6) is 0 Å². The Bertz CT molecular complexity index is 732. The van der Waals surface area contributed by atoms with Crippen LogP contribution in [0, 0.1) is 0 Å². The number of amides is 1. The standard InChI is InChI=1S/C16H13BrN2O4/c17-12-7-4-8-13(19-14(20)9-18-22)15(12)16(21)23-10-11-5-2-1-3-6-11/h1-9,22H,10H2,(H,19,20)/b18-9+. The summed E-state index contributed by atoms with van der Waals surface area (Å²) in [6.45, 7) is 0.118. The normalized spacial score (nSPS) is 10.5. The minimum atomic E-state index is -0.664. The van der Waals surface area contributed by atoms with Gasteiger partial charge in [-0.05, 0) is 33.6 Å². The van der Waals surface area contributed by atoms with Crippen LogP contribution in [0.4, 0.5) is 5.69 Å². The topological polar surface area (TPSA) is 88.0 Å². The lowest BCUT2D eigenvalue weighted by atomic mass is 10.1. The zero-order chi connectivity index (χ0) is 16.7. The molecule has 2 rings (SSSR count). The number of anilines is 1. The fourth-order valence-corrected chi connectivity index (χ4v) is 2.38. The number of ether oxygens (including phenoxy) is 1. The second kappa shape index (κ2) is 8.09. The third-order valence-electron chi connectivity index (χ3n) is 2.86. The van der Waals surface area contributed by atoms with E-state index < -0.39 is 11.9 Å². The molecule has 0 aromatic heterocycles. The van der Waals surface area contributed by atoms with Crippen LogP contribution in [0.3, 0.4) is 0 Å². The molecule has 0 bridgehead atoms. The molecule has 118 valence electrons. The van der Waals surface area contributed by atoms with E-state index in [-0.39, 0.29) is 17.9 Å². The van der Waals surface area contributed by atoms with Gasteiger partial charge in [-0.25, -0.2) is 4.79 Å². The second-order valence-electron chi connectivity index (χ2n) is 4.46. The molecular weight excluding hydrogens is 364 g/mol. The van der Waals surface area contributed by atoms with Crippen LogP contribution < -0.4 is 5.32 Å². The van der Waals surface area contributed by atoms with E-state index in [2.05, 4.69) is 26.4 Å². The molecule has 0 aliphatic carbocycles. The van der Waals surface area contributed by atoms with E-state index in [4.69, 9.17) is 9.94 Å². The first-order valence-corrected chi connectivity index (χ1v) is 7.39. The molecule has 0 saturated heterocycles. The molecule has 0 aliphatic heterocycles. The van der Waals surface area contributed by atoms with Gasteiger partial charge in [-0.1, -0.05) is 41.6 Å². The minimum Gasteiger partial charge on any atom is -0.457 e. The number of carbonyl (C=O) groups excluding carboxylic acids is 2. The Hall–Kier alpha value is -2.67. The summed E-state index contributed by atoms with van der Waals surface area (Å²) in [6.07, 6.45) is 0.694. The number of rotatable bonds is 5. The summed E-state index contributed by atoms with van der Waals surface area (Å²) in [5.41, 5.74) is 1.29. The number of nitrogens with one attached hydrogen (secondary N) is 1. The van der Waals surface area contributed by atoms with E-state index >= 15 is 0 Å². The molecule has 0 saturated carbocycles. The number of nitrogens with zero attached hydrogens (tertiary/aromatic N) is 1. The maximum absolute atomic E-state index is 12.3. The molecule has 7 heteroatoms. The molecule has 1 amide bonds. The molecule has 0 heterocycles. The number of esters is 1. The predicted octanol–water partition coefficient (Wildman–Crippen LogP) is 3.20. The first kappa shape index (κ1) is 16.7. The number of oxime groups is 1. The van der Waals surface area contributed by atoms with Gasteiger partial charge in [0.05, 0.1) is 11.3 Å². The summed E-state index contributed by atoms with van der Waals surface area (Å²) in [5.74, 6) is -1.25. The Balaban J connectivity index is 2.17. The molecule has 0 aliphatic rings. The van der Waals surface area contributed by atoms with Crippen molar-refractivity contribution < 1.29 is 19.5 Å². The van der Waals surface area contributed by atoms with E-state index in [9.17, 15) is 9.59 Å². The number of hydrogen-bond acceptors (Lipinski definition) is 5. The van der Waals surface area contributed by atoms with Crippen molar-refractivity contribution in [2.45, 2.75) is 6.61 Å². The fourth-order valence-electron chi connectivity index (χ4n) is 1.85. The molecule has 2 aromatic rings. The maximum Gasteiger partial charge on any atom is 0.341 e. The highest BCUT2D eigenvalue weighted by molar-refractivity contribution is 9.10. The molecular formula is C16H13BrN2O4. The van der Waals surface area contributed by atoms with Gasteiger partial charge >= 0.3 is 5.97 Å². The van der Waals surface area contributed by atoms with Crippen LogP contribution in [0.25, 0.3) is 0 Å². The zero-order valence-electron chi connectivity index (χ0n) is 11.9. The van der Waals surface area contributed by atoms with Crippen LogP contribution in [-0.2, 0) is 16.1 Å². The predicted molar refractivity (Wildman–Crippen MR) is 88.6 cm³/mol. The molecule has 23 heavy (non-hydrogen) atoms. The first-order chi connectivity index (χ1) is 11.1. The van der Waals surface area contributed by atoms with Crippen molar-refractivity contribution >= 4 is 39.7 Å². The summed E-state index contributed by atoms with van der Waals surface area (Å²) in [7, 11) is 0. The Morgan fingerprint density at radius 1 is 1.17 bits per heavy atom. The van der Waals surface area contributed by atoms with E-state index in [0.717, 1.165) is 5.56 Å². The fraction of sp³-hybridized carbons (Fsp3) is 0.0625. The van der Waals surface area contributed by atoms with Gasteiger partial charge in [0.2, 0.25) is 0 Å². The smallest absolute Gasteiger partial charge is 0.341 e. The van der Waals surface area contributed by atoms with E-state index in [1.54, 1.807) is 18.2 Å². The van der Waals surface area contributed by atoms with Crippen LogP contribution in [-0.4, -0.2) is 23.3 Å². The number of hydrogen-bond donors (Lipinski definition) is 2. The lowest BCUT2D eigenvalue weighted by Gasteiger charge is -2.11. The third kappa shape index (κ3) is 4.65. The minimum absolute atomic E-state index is 0.118. The third-order valence-corrected chi connectivity index (χ3v) is 3.52. The molecule has 0 radical (unpaired) electrons. The highest BCUT2D eigenvalue weighted by atomic mass is 79.9. The number of halogens is 1. The summed E-state index contributed by atoms with van der Waals surface area (Å²) in [6, 6.07) is 14.1. The van der Waals surface area contributed by atoms with E-state index in [1.807, 2.05) is 30.3 Å². The van der Waals surface area contributed by atoms with Gasteiger partial charge in [-0.2, -0.15) is 0 Å². The highest BCUT2D eigenvalue weighted by Gasteiger charge is 2.18. The highest BCUT2D eigenvalue weighted by Crippen LogP contribution is 2.26. The number of carbonyl (C=O) groups is 2. The SMILES string of the molecule is O=C(/C=N/O)Nc1cccc(Br)c1C(=O)OCc1ccccc1. The van der Waals surface area contributed by atoms with Crippen molar-refractivity contribution in [3.05, 3.63) is 64.1 Å². The van der Waals surface area contributed by atoms with Gasteiger partial charge < -0.3 is 15.3 Å². The summed E-state index contributed by atoms with van der Waals surface area (Å²) < 4.78 is 5.75. The summed E-state index contributed by atoms with van der Waals surface area (Å²) >= 11 is 3.27. The van der Waals surface area contributed by atoms with Gasteiger partial charge in [0.15, 0.2) is 0 Å². The van der Waals surface area contributed by atoms with Crippen LogP contribution in [0.1, 0.15) is 15.9 Å². The zero-order valence-corrected chi connectivity index (χ0v) is 13.5. The first-order valence-electron chi connectivity index (χ1n) is 6.60. The van der Waals surface area contributed by atoms with E-state index in [1.165, 1.54) is 0 Å². The maximum atomic E-state index is 12.3. The van der Waals surface area contributed by atoms with Gasteiger partial charge in [-0.3, -0.25) is 4.79 Å². The molecule has 0 spiro atoms. The van der Waals surface area contributed by atoms with E-state index in [0.29, 0.717) is 10.7 Å². The Morgan fingerprint density at radius 2 is 1.91 bits per heavy atom. The quantitative estimate of drug-likeness (QED) is 0.363. The van der Waals surface area contributed by atoms with Crippen molar-refractivity contribution in [1.29, 1.82) is 0 Å². The molecule has 2 N–H and O–H groups in total. The second-order valence-corrected chi connectivity index (χ2v) is 5.31. The monoisotopic (exact) mass is 376 g/mol. The van der Waals surface area contributed by atoms with Crippen LogP contribution in [0.2, 0.25) is 0 Å². The van der Waals surface area contributed by atoms with Crippen molar-refractivity contribution in [2.24, 2.45) is 5.16 Å². The Morgan fingerprint density at radius 3 is 2.61 bits per heavy atom. The average Bonchev–Trinajstić information content (AvgIpc) is 2.54. The lowest BCUT2D eigenvalue weighted by molar-refractivity contribution is -0.110. The van der Waals surface area contributed by atoms with Gasteiger partial charge in [0.1, 0.15) is 12.8 Å². The van der Waals surface area contributed by atoms with Crippen molar-refractivity contribution in [1.82, 2.24) is 0 Å². The van der Waals surface area contributed by atoms with Gasteiger partial charge in [0.25, 0.3) is 5.91 Å². The summed E-state index contributed by atoms with van der Waals surface area (Å²) in [5, 5.41) is 13.5. The largest absolute Gasteiger partial charge is 0.457 e.